The summed E-state index contributed by atoms with van der Waals surface area (Å²) in [5, 5.41) is -0.979. The molecule has 2 rings (SSSR count). The second-order valence-electron chi connectivity index (χ2n) is 4.69. The number of hydrogen-bond donors (Lipinski definition) is 1. The van der Waals surface area contributed by atoms with E-state index in [0.717, 1.165) is 5.56 Å². The molecule has 110 valence electrons. The van der Waals surface area contributed by atoms with Gasteiger partial charge in [0, 0.05) is 5.02 Å². The normalized spacial score (nSPS) is 12.9. The third-order valence-electron chi connectivity index (χ3n) is 3.09. The van der Waals surface area contributed by atoms with Crippen LogP contribution in [0, 0.1) is 6.92 Å². The number of carbonyl (C=O) groups is 1. The van der Waals surface area contributed by atoms with Crippen LogP contribution in [0.2, 0.25) is 5.02 Å². The van der Waals surface area contributed by atoms with E-state index in [1.807, 2.05) is 6.92 Å². The minimum Gasteiger partial charge on any atom is -0.368 e. The summed E-state index contributed by atoms with van der Waals surface area (Å²) in [6.45, 7) is 1.85. The molecule has 2 N–H and O–H groups in total. The lowest BCUT2D eigenvalue weighted by molar-refractivity contribution is -0.117. The summed E-state index contributed by atoms with van der Waals surface area (Å²) in [7, 11) is -3.90. The Bertz CT molecular complexity index is 753. The van der Waals surface area contributed by atoms with Gasteiger partial charge in [-0.2, -0.15) is 0 Å². The zero-order chi connectivity index (χ0) is 15.6. The van der Waals surface area contributed by atoms with Crippen molar-refractivity contribution in [3.63, 3.8) is 0 Å². The smallest absolute Gasteiger partial charge is 0.240 e. The van der Waals surface area contributed by atoms with Gasteiger partial charge in [0.25, 0.3) is 0 Å². The molecule has 6 heteroatoms. The Kier molecular flexibility index (Phi) is 4.34. The van der Waals surface area contributed by atoms with Gasteiger partial charge in [0.2, 0.25) is 5.91 Å². The summed E-state index contributed by atoms with van der Waals surface area (Å²) < 4.78 is 25.3. The maximum absolute atomic E-state index is 12.6. The quantitative estimate of drug-likeness (QED) is 0.939. The Hall–Kier alpha value is -1.85. The maximum Gasteiger partial charge on any atom is 0.240 e. The number of sulfone groups is 1. The highest BCUT2D eigenvalue weighted by Gasteiger charge is 2.33. The fourth-order valence-electron chi connectivity index (χ4n) is 2.00. The molecule has 1 amide bonds. The van der Waals surface area contributed by atoms with E-state index in [1.165, 1.54) is 36.4 Å². The number of amides is 1. The van der Waals surface area contributed by atoms with Crippen LogP contribution in [0.15, 0.2) is 53.4 Å². The molecule has 2 aromatic carbocycles. The van der Waals surface area contributed by atoms with Crippen LogP contribution in [0.5, 0.6) is 0 Å². The Labute approximate surface area is 128 Å². The van der Waals surface area contributed by atoms with Crippen LogP contribution in [0.25, 0.3) is 0 Å². The first-order chi connectivity index (χ1) is 9.82. The highest BCUT2D eigenvalue weighted by molar-refractivity contribution is 7.92. The maximum atomic E-state index is 12.6. The lowest BCUT2D eigenvalue weighted by Crippen LogP contribution is -2.28. The van der Waals surface area contributed by atoms with Crippen molar-refractivity contribution < 1.29 is 13.2 Å². The van der Waals surface area contributed by atoms with E-state index in [0.29, 0.717) is 10.6 Å². The Morgan fingerprint density at radius 1 is 1.05 bits per heavy atom. The summed E-state index contributed by atoms with van der Waals surface area (Å²) in [5.74, 6) is -0.919. The average molecular weight is 324 g/mol. The number of benzene rings is 2. The van der Waals surface area contributed by atoms with Gasteiger partial charge >= 0.3 is 0 Å². The van der Waals surface area contributed by atoms with Crippen LogP contribution in [-0.4, -0.2) is 14.3 Å². The van der Waals surface area contributed by atoms with Crippen molar-refractivity contribution in [2.24, 2.45) is 5.73 Å². The molecule has 0 heterocycles. The molecular weight excluding hydrogens is 310 g/mol. The molecule has 0 aliphatic carbocycles. The van der Waals surface area contributed by atoms with Crippen molar-refractivity contribution in [2.75, 3.05) is 0 Å². The predicted molar refractivity (Wildman–Crippen MR) is 81.8 cm³/mol. The van der Waals surface area contributed by atoms with Gasteiger partial charge in [-0.25, -0.2) is 8.42 Å². The Morgan fingerprint density at radius 2 is 1.57 bits per heavy atom. The monoisotopic (exact) mass is 323 g/mol. The number of aryl methyl sites for hydroxylation is 1. The largest absolute Gasteiger partial charge is 0.368 e. The van der Waals surface area contributed by atoms with Crippen LogP contribution in [-0.2, 0) is 14.6 Å². The van der Waals surface area contributed by atoms with Gasteiger partial charge in [-0.1, -0.05) is 41.4 Å². The van der Waals surface area contributed by atoms with Crippen molar-refractivity contribution in [3.05, 3.63) is 64.7 Å². The number of hydrogen-bond acceptors (Lipinski definition) is 3. The molecule has 0 spiro atoms. The summed E-state index contributed by atoms with van der Waals surface area (Å²) in [6.07, 6.45) is 0. The van der Waals surface area contributed by atoms with Crippen molar-refractivity contribution in [2.45, 2.75) is 17.1 Å². The first kappa shape index (κ1) is 15.5. The molecule has 0 aliphatic rings. The predicted octanol–water partition coefficient (Wildman–Crippen LogP) is 2.65. The zero-order valence-corrected chi connectivity index (χ0v) is 12.9. The topological polar surface area (TPSA) is 77.2 Å². The summed E-state index contributed by atoms with van der Waals surface area (Å²) in [5.41, 5.74) is 6.53. The van der Waals surface area contributed by atoms with Crippen LogP contribution in [0.3, 0.4) is 0 Å². The van der Waals surface area contributed by atoms with Crippen LogP contribution >= 0.6 is 11.6 Å². The molecule has 0 saturated carbocycles. The van der Waals surface area contributed by atoms with Gasteiger partial charge in [-0.3, -0.25) is 4.79 Å². The van der Waals surface area contributed by atoms with E-state index < -0.39 is 21.0 Å². The van der Waals surface area contributed by atoms with E-state index in [4.69, 9.17) is 17.3 Å². The van der Waals surface area contributed by atoms with Crippen molar-refractivity contribution in [3.8, 4) is 0 Å². The summed E-state index contributed by atoms with van der Waals surface area (Å²) in [4.78, 5) is 11.7. The molecule has 0 aliphatic heterocycles. The number of primary amides is 1. The molecule has 0 bridgehead atoms. The van der Waals surface area contributed by atoms with E-state index in [-0.39, 0.29) is 4.90 Å². The van der Waals surface area contributed by atoms with Crippen molar-refractivity contribution >= 4 is 27.3 Å². The van der Waals surface area contributed by atoms with E-state index in [2.05, 4.69) is 0 Å². The van der Waals surface area contributed by atoms with Crippen LogP contribution in [0.1, 0.15) is 16.4 Å². The molecule has 1 unspecified atom stereocenters. The lowest BCUT2D eigenvalue weighted by Gasteiger charge is -2.15. The Balaban J connectivity index is 2.54. The van der Waals surface area contributed by atoms with Crippen LogP contribution < -0.4 is 5.73 Å². The molecule has 0 saturated heterocycles. The lowest BCUT2D eigenvalue weighted by atomic mass is 10.1. The second-order valence-corrected chi connectivity index (χ2v) is 7.16. The minimum absolute atomic E-state index is 0.0619. The van der Waals surface area contributed by atoms with Crippen LogP contribution in [0.4, 0.5) is 0 Å². The van der Waals surface area contributed by atoms with Gasteiger partial charge < -0.3 is 5.73 Å². The molecule has 21 heavy (non-hydrogen) atoms. The zero-order valence-electron chi connectivity index (χ0n) is 11.3. The third kappa shape index (κ3) is 3.25. The molecule has 0 radical (unpaired) electrons. The van der Waals surface area contributed by atoms with Gasteiger partial charge in [-0.15, -0.1) is 0 Å². The number of carbonyl (C=O) groups excluding carboxylic acids is 1. The average Bonchev–Trinajstić information content (AvgIpc) is 2.41. The van der Waals surface area contributed by atoms with Gasteiger partial charge in [0.05, 0.1) is 4.90 Å². The fourth-order valence-corrected chi connectivity index (χ4v) is 3.73. The van der Waals surface area contributed by atoms with E-state index in [1.54, 1.807) is 12.1 Å². The molecule has 0 fully saturated rings. The molecular formula is C15H14ClNO3S. The summed E-state index contributed by atoms with van der Waals surface area (Å²) in [6, 6.07) is 12.3. The number of nitrogens with two attached hydrogens (primary N) is 1. The highest BCUT2D eigenvalue weighted by atomic mass is 35.5. The molecule has 0 aromatic heterocycles. The fraction of sp³-hybridized carbons (Fsp3) is 0.133. The van der Waals surface area contributed by atoms with E-state index in [9.17, 15) is 13.2 Å². The van der Waals surface area contributed by atoms with Crippen molar-refractivity contribution in [1.29, 1.82) is 0 Å². The second kappa shape index (κ2) is 5.87. The SMILES string of the molecule is Cc1ccc(S(=O)(=O)C(C(N)=O)c2ccc(Cl)cc2)cc1. The molecule has 2 aromatic rings. The number of rotatable bonds is 4. The summed E-state index contributed by atoms with van der Waals surface area (Å²) >= 11 is 5.78. The van der Waals surface area contributed by atoms with Gasteiger partial charge in [-0.05, 0) is 36.8 Å². The van der Waals surface area contributed by atoms with Gasteiger partial charge in [0.1, 0.15) is 0 Å². The first-order valence-electron chi connectivity index (χ1n) is 6.18. The van der Waals surface area contributed by atoms with Crippen molar-refractivity contribution in [1.82, 2.24) is 0 Å². The van der Waals surface area contributed by atoms with Gasteiger partial charge in [0.15, 0.2) is 15.1 Å². The molecule has 4 nitrogen and oxygen atoms in total. The van der Waals surface area contributed by atoms with E-state index >= 15 is 0 Å². The third-order valence-corrected chi connectivity index (χ3v) is 5.40. The Morgan fingerprint density at radius 3 is 2.05 bits per heavy atom. The molecule has 1 atom stereocenters. The number of halogens is 1. The first-order valence-corrected chi connectivity index (χ1v) is 8.10. The minimum atomic E-state index is -3.90. The highest BCUT2D eigenvalue weighted by Crippen LogP contribution is 2.29. The standard InChI is InChI=1S/C15H14ClNO3S/c1-10-2-8-13(9-3-10)21(19,20)14(15(17)18)11-4-6-12(16)7-5-11/h2-9,14H,1H3,(H2,17,18).